The molecule has 102 valence electrons. The third-order valence-corrected chi connectivity index (χ3v) is 3.11. The van der Waals surface area contributed by atoms with Gasteiger partial charge in [-0.25, -0.2) is 0 Å². The number of fused-ring (bicyclic) bond motifs is 1. The minimum absolute atomic E-state index is 0.0595. The topological polar surface area (TPSA) is 51.7 Å². The maximum absolute atomic E-state index is 12.2. The molecule has 0 saturated carbocycles. The minimum Gasteiger partial charge on any atom is -0.454 e. The van der Waals surface area contributed by atoms with E-state index in [9.17, 15) is 4.79 Å². The van der Waals surface area contributed by atoms with Gasteiger partial charge in [0.2, 0.25) is 6.79 Å². The van der Waals surface area contributed by atoms with E-state index in [-0.39, 0.29) is 12.7 Å². The van der Waals surface area contributed by atoms with Gasteiger partial charge < -0.3 is 14.4 Å². The highest BCUT2D eigenvalue weighted by Crippen LogP contribution is 2.32. The Kier molecular flexibility index (Phi) is 3.25. The Hall–Kier alpha value is -2.56. The van der Waals surface area contributed by atoms with Gasteiger partial charge in [0.05, 0.1) is 5.56 Å². The van der Waals surface area contributed by atoms with Crippen molar-refractivity contribution in [2.24, 2.45) is 0 Å². The van der Waals surface area contributed by atoms with E-state index in [1.54, 1.807) is 36.5 Å². The number of aromatic nitrogens is 1. The molecule has 0 N–H and O–H groups in total. The van der Waals surface area contributed by atoms with Gasteiger partial charge in [-0.3, -0.25) is 9.78 Å². The van der Waals surface area contributed by atoms with Crippen LogP contribution in [-0.4, -0.2) is 29.6 Å². The molecule has 20 heavy (non-hydrogen) atoms. The van der Waals surface area contributed by atoms with Gasteiger partial charge in [-0.2, -0.15) is 0 Å². The van der Waals surface area contributed by atoms with Crippen molar-refractivity contribution in [2.45, 2.75) is 6.54 Å². The summed E-state index contributed by atoms with van der Waals surface area (Å²) in [6, 6.07) is 9.20. The molecule has 0 unspecified atom stereocenters. The molecule has 0 fully saturated rings. The number of rotatable bonds is 3. The van der Waals surface area contributed by atoms with Crippen molar-refractivity contribution >= 4 is 5.91 Å². The molecule has 2 aromatic rings. The first-order valence-corrected chi connectivity index (χ1v) is 6.28. The number of ether oxygens (including phenoxy) is 2. The summed E-state index contributed by atoms with van der Waals surface area (Å²) in [6.45, 7) is 0.758. The van der Waals surface area contributed by atoms with Gasteiger partial charge in [0.15, 0.2) is 11.5 Å². The summed E-state index contributed by atoms with van der Waals surface area (Å²) in [5.74, 6) is 1.41. The van der Waals surface area contributed by atoms with E-state index in [2.05, 4.69) is 4.98 Å². The van der Waals surface area contributed by atoms with Gasteiger partial charge in [0.1, 0.15) is 0 Å². The Labute approximate surface area is 116 Å². The van der Waals surface area contributed by atoms with Crippen molar-refractivity contribution in [3.05, 3.63) is 53.9 Å². The maximum atomic E-state index is 12.2. The molecule has 0 aliphatic carbocycles. The smallest absolute Gasteiger partial charge is 0.255 e. The number of carbonyl (C=O) groups is 1. The third-order valence-electron chi connectivity index (χ3n) is 3.11. The molecule has 1 aliphatic rings. The van der Waals surface area contributed by atoms with Crippen LogP contribution >= 0.6 is 0 Å². The Morgan fingerprint density at radius 3 is 2.95 bits per heavy atom. The number of hydrogen-bond acceptors (Lipinski definition) is 4. The summed E-state index contributed by atoms with van der Waals surface area (Å²) in [4.78, 5) is 17.8. The predicted octanol–water partition coefficient (Wildman–Crippen LogP) is 2.08. The zero-order valence-corrected chi connectivity index (χ0v) is 11.1. The molecule has 0 saturated heterocycles. The molecule has 0 bridgehead atoms. The Morgan fingerprint density at radius 1 is 1.30 bits per heavy atom. The predicted molar refractivity (Wildman–Crippen MR) is 72.6 cm³/mol. The molecule has 0 spiro atoms. The highest BCUT2D eigenvalue weighted by molar-refractivity contribution is 5.93. The summed E-state index contributed by atoms with van der Waals surface area (Å²) in [5.41, 5.74) is 1.57. The zero-order chi connectivity index (χ0) is 13.9. The largest absolute Gasteiger partial charge is 0.454 e. The molecular weight excluding hydrogens is 256 g/mol. The molecule has 0 atom stereocenters. The summed E-state index contributed by atoms with van der Waals surface area (Å²) in [5, 5.41) is 0. The Bertz CT molecular complexity index is 628. The molecule has 5 nitrogen and oxygen atoms in total. The Morgan fingerprint density at radius 2 is 2.15 bits per heavy atom. The number of amides is 1. The van der Waals surface area contributed by atoms with Gasteiger partial charge in [-0.05, 0) is 29.8 Å². The van der Waals surface area contributed by atoms with Crippen LogP contribution < -0.4 is 9.47 Å². The van der Waals surface area contributed by atoms with Crippen LogP contribution in [0.1, 0.15) is 15.9 Å². The lowest BCUT2D eigenvalue weighted by atomic mass is 10.1. The van der Waals surface area contributed by atoms with Crippen molar-refractivity contribution in [1.82, 2.24) is 9.88 Å². The molecule has 1 aromatic heterocycles. The normalized spacial score (nSPS) is 12.2. The molecule has 1 aromatic carbocycles. The fourth-order valence-corrected chi connectivity index (χ4v) is 2.09. The fraction of sp³-hybridized carbons (Fsp3) is 0.200. The van der Waals surface area contributed by atoms with Gasteiger partial charge in [0.25, 0.3) is 5.91 Å². The molecule has 0 radical (unpaired) electrons. The maximum Gasteiger partial charge on any atom is 0.255 e. The molecular formula is C15H14N2O3. The van der Waals surface area contributed by atoms with Crippen LogP contribution in [0.3, 0.4) is 0 Å². The fourth-order valence-electron chi connectivity index (χ4n) is 2.09. The van der Waals surface area contributed by atoms with Crippen LogP contribution in [0.4, 0.5) is 0 Å². The second-order valence-corrected chi connectivity index (χ2v) is 4.59. The van der Waals surface area contributed by atoms with E-state index in [1.165, 1.54) is 0 Å². The lowest BCUT2D eigenvalue weighted by Crippen LogP contribution is -2.26. The first kappa shape index (κ1) is 12.5. The second kappa shape index (κ2) is 5.21. The van der Waals surface area contributed by atoms with Crippen LogP contribution in [0.2, 0.25) is 0 Å². The number of carbonyl (C=O) groups excluding carboxylic acids is 1. The van der Waals surface area contributed by atoms with Gasteiger partial charge in [-0.1, -0.05) is 6.07 Å². The summed E-state index contributed by atoms with van der Waals surface area (Å²) in [6.07, 6.45) is 3.22. The number of pyridine rings is 1. The lowest BCUT2D eigenvalue weighted by molar-refractivity contribution is 0.0784. The second-order valence-electron chi connectivity index (χ2n) is 4.59. The van der Waals surface area contributed by atoms with Crippen LogP contribution in [0, 0.1) is 0 Å². The van der Waals surface area contributed by atoms with E-state index < -0.39 is 0 Å². The van der Waals surface area contributed by atoms with Gasteiger partial charge in [0, 0.05) is 26.0 Å². The minimum atomic E-state index is -0.0595. The molecule has 3 rings (SSSR count). The highest BCUT2D eigenvalue weighted by Gasteiger charge is 2.16. The lowest BCUT2D eigenvalue weighted by Gasteiger charge is -2.17. The van der Waals surface area contributed by atoms with Crippen LogP contribution in [-0.2, 0) is 6.54 Å². The average molecular weight is 270 g/mol. The van der Waals surface area contributed by atoms with Crippen molar-refractivity contribution < 1.29 is 14.3 Å². The van der Waals surface area contributed by atoms with E-state index in [0.717, 1.165) is 17.1 Å². The van der Waals surface area contributed by atoms with Crippen LogP contribution in [0.5, 0.6) is 11.5 Å². The first-order chi connectivity index (χ1) is 9.74. The molecule has 5 heteroatoms. The monoisotopic (exact) mass is 270 g/mol. The number of benzene rings is 1. The third kappa shape index (κ3) is 2.42. The van der Waals surface area contributed by atoms with Crippen molar-refractivity contribution in [2.75, 3.05) is 13.8 Å². The standard InChI is InChI=1S/C15H14N2O3/c1-17(15(18)12-3-2-6-16-8-12)9-11-4-5-13-14(7-11)20-10-19-13/h2-8H,9-10H2,1H3. The average Bonchev–Trinajstić information content (AvgIpc) is 2.95. The van der Waals surface area contributed by atoms with Crippen molar-refractivity contribution in [1.29, 1.82) is 0 Å². The molecule has 1 amide bonds. The summed E-state index contributed by atoms with van der Waals surface area (Å²) < 4.78 is 10.6. The van der Waals surface area contributed by atoms with E-state index in [0.29, 0.717) is 12.1 Å². The quantitative estimate of drug-likeness (QED) is 0.857. The number of nitrogens with zero attached hydrogens (tertiary/aromatic N) is 2. The van der Waals surface area contributed by atoms with Crippen molar-refractivity contribution in [3.63, 3.8) is 0 Å². The number of hydrogen-bond donors (Lipinski definition) is 0. The van der Waals surface area contributed by atoms with Crippen LogP contribution in [0.15, 0.2) is 42.7 Å². The van der Waals surface area contributed by atoms with Crippen LogP contribution in [0.25, 0.3) is 0 Å². The van der Waals surface area contributed by atoms with E-state index in [4.69, 9.17) is 9.47 Å². The summed E-state index contributed by atoms with van der Waals surface area (Å²) in [7, 11) is 1.76. The van der Waals surface area contributed by atoms with E-state index in [1.807, 2.05) is 18.2 Å². The first-order valence-electron chi connectivity index (χ1n) is 6.28. The van der Waals surface area contributed by atoms with Crippen molar-refractivity contribution in [3.8, 4) is 11.5 Å². The van der Waals surface area contributed by atoms with Gasteiger partial charge >= 0.3 is 0 Å². The SMILES string of the molecule is CN(Cc1ccc2c(c1)OCO2)C(=O)c1cccnc1. The van der Waals surface area contributed by atoms with E-state index >= 15 is 0 Å². The zero-order valence-electron chi connectivity index (χ0n) is 11.1. The molecule has 2 heterocycles. The Balaban J connectivity index is 1.73. The molecule has 1 aliphatic heterocycles. The van der Waals surface area contributed by atoms with Gasteiger partial charge in [-0.15, -0.1) is 0 Å². The summed E-state index contributed by atoms with van der Waals surface area (Å²) >= 11 is 0. The highest BCUT2D eigenvalue weighted by atomic mass is 16.7.